The van der Waals surface area contributed by atoms with Crippen LogP contribution in [0, 0.1) is 12.7 Å². The number of nitrogens with one attached hydrogen (secondary N) is 1. The molecular weight excluding hydrogens is 415 g/mol. The van der Waals surface area contributed by atoms with E-state index in [0.29, 0.717) is 17.1 Å². The molecule has 190 valence electrons. The molecule has 0 saturated carbocycles. The minimum absolute atomic E-state index is 0. The van der Waals surface area contributed by atoms with E-state index in [0.717, 1.165) is 50.7 Å². The molecule has 1 aliphatic rings. The van der Waals surface area contributed by atoms with Crippen LogP contribution >= 0.6 is 0 Å². The lowest BCUT2D eigenvalue weighted by atomic mass is 9.93. The SMILES string of the molecule is CC.CCCC(CCCCCCC1=CC[C@@H](OCC)CC1)n1c(=O)[nH]c2c(F)cc(C)cc21.[HH].[HH]. The molecule has 1 N–H and O–H groups in total. The average molecular weight is 465 g/mol. The van der Waals surface area contributed by atoms with Gasteiger partial charge in [0.2, 0.25) is 0 Å². The first-order valence-corrected chi connectivity index (χ1v) is 13.2. The molecule has 0 spiro atoms. The van der Waals surface area contributed by atoms with Crippen molar-refractivity contribution < 1.29 is 12.0 Å². The molecule has 3 rings (SSSR count). The molecule has 0 bridgehead atoms. The fourth-order valence-corrected chi connectivity index (χ4v) is 4.98. The van der Waals surface area contributed by atoms with E-state index in [1.165, 1.54) is 38.2 Å². The second-order valence-corrected chi connectivity index (χ2v) is 9.05. The molecule has 1 aromatic heterocycles. The number of allylic oxidation sites excluding steroid dienone is 1. The number of halogens is 1. The zero-order chi connectivity index (χ0) is 24.2. The van der Waals surface area contributed by atoms with E-state index < -0.39 is 0 Å². The molecule has 1 unspecified atom stereocenters. The Kier molecular flexibility index (Phi) is 11.9. The summed E-state index contributed by atoms with van der Waals surface area (Å²) in [6.45, 7) is 10.9. The van der Waals surface area contributed by atoms with E-state index in [1.807, 2.05) is 26.8 Å². The number of hydrogen-bond donors (Lipinski definition) is 1. The van der Waals surface area contributed by atoms with Gasteiger partial charge in [-0.1, -0.05) is 58.1 Å². The highest BCUT2D eigenvalue weighted by Crippen LogP contribution is 2.27. The number of aromatic amines is 1. The van der Waals surface area contributed by atoms with Crippen LogP contribution in [0.1, 0.15) is 113 Å². The van der Waals surface area contributed by atoms with Crippen LogP contribution < -0.4 is 5.69 Å². The van der Waals surface area contributed by atoms with E-state index in [2.05, 4.69) is 24.9 Å². The maximum Gasteiger partial charge on any atom is 0.326 e. The zero-order valence-electron chi connectivity index (χ0n) is 21.5. The van der Waals surface area contributed by atoms with Crippen LogP contribution in [0.4, 0.5) is 4.39 Å². The van der Waals surface area contributed by atoms with E-state index in [1.54, 1.807) is 10.1 Å². The summed E-state index contributed by atoms with van der Waals surface area (Å²) in [6, 6.07) is 3.53. The van der Waals surface area contributed by atoms with Crippen LogP contribution in [0.15, 0.2) is 28.6 Å². The number of rotatable bonds is 12. The molecule has 2 aromatic rings. The van der Waals surface area contributed by atoms with Gasteiger partial charge < -0.3 is 9.72 Å². The molecule has 33 heavy (non-hydrogen) atoms. The van der Waals surface area contributed by atoms with E-state index in [4.69, 9.17) is 4.74 Å². The number of fused-ring (bicyclic) bond motifs is 1. The van der Waals surface area contributed by atoms with Gasteiger partial charge in [-0.25, -0.2) is 9.18 Å². The van der Waals surface area contributed by atoms with Gasteiger partial charge in [-0.05, 0) is 76.5 Å². The van der Waals surface area contributed by atoms with Crippen LogP contribution in [0.3, 0.4) is 0 Å². The summed E-state index contributed by atoms with van der Waals surface area (Å²) in [7, 11) is 0. The van der Waals surface area contributed by atoms with Gasteiger partial charge in [-0.15, -0.1) is 0 Å². The Morgan fingerprint density at radius 1 is 1.18 bits per heavy atom. The summed E-state index contributed by atoms with van der Waals surface area (Å²) in [5.74, 6) is -0.342. The predicted octanol–water partition coefficient (Wildman–Crippen LogP) is 8.49. The van der Waals surface area contributed by atoms with Crippen molar-refractivity contribution in [3.8, 4) is 0 Å². The molecule has 0 fully saturated rings. The Labute approximate surface area is 202 Å². The highest BCUT2D eigenvalue weighted by molar-refractivity contribution is 5.77. The molecule has 2 atom stereocenters. The fourth-order valence-electron chi connectivity index (χ4n) is 4.98. The lowest BCUT2D eigenvalue weighted by Crippen LogP contribution is -2.22. The summed E-state index contributed by atoms with van der Waals surface area (Å²) in [6.07, 6.45) is 15.1. The first-order chi connectivity index (χ1) is 16.0. The third kappa shape index (κ3) is 7.84. The zero-order valence-corrected chi connectivity index (χ0v) is 21.5. The maximum absolute atomic E-state index is 14.3. The number of nitrogens with zero attached hydrogens (tertiary/aromatic N) is 1. The van der Waals surface area contributed by atoms with Gasteiger partial charge in [0.05, 0.1) is 11.6 Å². The van der Waals surface area contributed by atoms with E-state index in [9.17, 15) is 9.18 Å². The van der Waals surface area contributed by atoms with Crippen molar-refractivity contribution in [1.29, 1.82) is 0 Å². The summed E-state index contributed by atoms with van der Waals surface area (Å²) in [4.78, 5) is 15.4. The number of hydrogen-bond acceptors (Lipinski definition) is 2. The average Bonchev–Trinajstić information content (AvgIpc) is 3.14. The van der Waals surface area contributed by atoms with Gasteiger partial charge in [-0.2, -0.15) is 0 Å². The van der Waals surface area contributed by atoms with Crippen LogP contribution in [0.25, 0.3) is 11.0 Å². The quantitative estimate of drug-likeness (QED) is 0.253. The van der Waals surface area contributed by atoms with Crippen molar-refractivity contribution in [2.45, 2.75) is 117 Å². The van der Waals surface area contributed by atoms with Gasteiger partial charge in [0, 0.05) is 15.5 Å². The van der Waals surface area contributed by atoms with Gasteiger partial charge in [0.1, 0.15) is 11.3 Å². The van der Waals surface area contributed by atoms with Crippen molar-refractivity contribution >= 4 is 11.0 Å². The molecule has 0 saturated heterocycles. The van der Waals surface area contributed by atoms with Crippen molar-refractivity contribution in [3.63, 3.8) is 0 Å². The topological polar surface area (TPSA) is 47.0 Å². The molecule has 4 nitrogen and oxygen atoms in total. The number of aryl methyl sites for hydroxylation is 1. The molecule has 5 heteroatoms. The maximum atomic E-state index is 14.3. The molecule has 0 radical (unpaired) electrons. The number of unbranched alkanes of at least 4 members (excludes halogenated alkanes) is 3. The predicted molar refractivity (Wildman–Crippen MR) is 142 cm³/mol. The first kappa shape index (κ1) is 27.4. The van der Waals surface area contributed by atoms with Gasteiger partial charge >= 0.3 is 5.69 Å². The molecule has 1 aromatic carbocycles. The van der Waals surface area contributed by atoms with Crippen LogP contribution in [0.5, 0.6) is 0 Å². The normalized spacial score (nSPS) is 16.9. The minimum Gasteiger partial charge on any atom is -0.378 e. The Hall–Kier alpha value is -1.88. The third-order valence-corrected chi connectivity index (χ3v) is 6.56. The molecule has 0 amide bonds. The van der Waals surface area contributed by atoms with Gasteiger partial charge in [0.15, 0.2) is 0 Å². The monoisotopic (exact) mass is 464 g/mol. The van der Waals surface area contributed by atoms with Crippen LogP contribution in [-0.2, 0) is 4.74 Å². The minimum atomic E-state index is -0.342. The van der Waals surface area contributed by atoms with Gasteiger partial charge in [0.25, 0.3) is 0 Å². The highest BCUT2D eigenvalue weighted by atomic mass is 19.1. The van der Waals surface area contributed by atoms with Gasteiger partial charge in [-0.3, -0.25) is 4.57 Å². The Morgan fingerprint density at radius 3 is 2.61 bits per heavy atom. The highest BCUT2D eigenvalue weighted by Gasteiger charge is 2.19. The number of benzene rings is 1. The lowest BCUT2D eigenvalue weighted by Gasteiger charge is -2.22. The number of imidazole rings is 1. The Bertz CT molecular complexity index is 939. The van der Waals surface area contributed by atoms with Crippen molar-refractivity contribution in [1.82, 2.24) is 9.55 Å². The van der Waals surface area contributed by atoms with Crippen molar-refractivity contribution in [2.24, 2.45) is 0 Å². The third-order valence-electron chi connectivity index (χ3n) is 6.56. The molecule has 1 aliphatic carbocycles. The van der Waals surface area contributed by atoms with E-state index in [-0.39, 0.29) is 20.4 Å². The standard InChI is InChI=1S/C26H39FN2O2.C2H6.2H2/c1-4-10-21(29-24-18-19(3)17-23(27)25(24)28-26(29)30)12-9-7-6-8-11-20-13-15-22(16-14-20)31-5-2;1-2;;/h13,17-18,21-22H,4-12,14-16H2,1-3H3,(H,28,30);1-2H3;2*1H/t21?,22-;;;/m1.../s1. The van der Waals surface area contributed by atoms with Crippen molar-refractivity contribution in [3.05, 3.63) is 45.6 Å². The first-order valence-electron chi connectivity index (χ1n) is 13.2. The summed E-state index contributed by atoms with van der Waals surface area (Å²) < 4.78 is 21.8. The second kappa shape index (κ2) is 14.4. The van der Waals surface area contributed by atoms with Crippen LogP contribution in [0.2, 0.25) is 0 Å². The summed E-state index contributed by atoms with van der Waals surface area (Å²) in [5, 5.41) is 0. The Balaban J connectivity index is 0.00000282. The van der Waals surface area contributed by atoms with E-state index >= 15 is 0 Å². The molecular formula is C28H49FN2O2. The summed E-state index contributed by atoms with van der Waals surface area (Å²) in [5.41, 5.74) is 3.30. The summed E-state index contributed by atoms with van der Waals surface area (Å²) >= 11 is 0. The fraction of sp³-hybridized carbons (Fsp3) is 0.679. The largest absolute Gasteiger partial charge is 0.378 e. The van der Waals surface area contributed by atoms with Crippen molar-refractivity contribution in [2.75, 3.05) is 6.61 Å². The molecule has 0 aliphatic heterocycles. The number of aromatic nitrogens is 2. The number of H-pyrrole nitrogens is 1. The van der Waals surface area contributed by atoms with Crippen LogP contribution in [-0.4, -0.2) is 22.3 Å². The second-order valence-electron chi connectivity index (χ2n) is 9.05. The Morgan fingerprint density at radius 2 is 1.94 bits per heavy atom. The molecule has 1 heterocycles. The number of ether oxygens (including phenoxy) is 1. The lowest BCUT2D eigenvalue weighted by molar-refractivity contribution is 0.0556. The smallest absolute Gasteiger partial charge is 0.326 e.